The van der Waals surface area contributed by atoms with Crippen LogP contribution >= 0.6 is 0 Å². The van der Waals surface area contributed by atoms with Gasteiger partial charge in [0.2, 0.25) is 5.95 Å². The van der Waals surface area contributed by atoms with E-state index in [1.165, 1.54) is 6.07 Å². The maximum Gasteiger partial charge on any atom is 0.222 e. The van der Waals surface area contributed by atoms with E-state index in [9.17, 15) is 4.39 Å². The summed E-state index contributed by atoms with van der Waals surface area (Å²) in [6.45, 7) is 2.72. The van der Waals surface area contributed by atoms with E-state index in [1.807, 2.05) is 6.07 Å². The van der Waals surface area contributed by atoms with Crippen molar-refractivity contribution in [2.45, 2.75) is 18.4 Å². The topological polar surface area (TPSA) is 73.5 Å². The van der Waals surface area contributed by atoms with Crippen LogP contribution in [0.1, 0.15) is 18.0 Å². The van der Waals surface area contributed by atoms with Crippen LogP contribution in [0.5, 0.6) is 5.75 Å². The van der Waals surface area contributed by atoms with Crippen LogP contribution in [0, 0.1) is 5.82 Å². The zero-order valence-electron chi connectivity index (χ0n) is 13.2. The van der Waals surface area contributed by atoms with Gasteiger partial charge in [0.25, 0.3) is 0 Å². The van der Waals surface area contributed by atoms with E-state index in [0.717, 1.165) is 24.5 Å². The molecule has 4 rings (SSSR count). The van der Waals surface area contributed by atoms with Crippen molar-refractivity contribution in [2.24, 2.45) is 0 Å². The van der Waals surface area contributed by atoms with E-state index in [1.54, 1.807) is 18.2 Å². The Hall–Kier alpha value is -2.41. The van der Waals surface area contributed by atoms with E-state index in [2.05, 4.69) is 14.9 Å². The summed E-state index contributed by atoms with van der Waals surface area (Å²) in [5, 5.41) is 0. The van der Waals surface area contributed by atoms with E-state index in [-0.39, 0.29) is 29.5 Å². The lowest BCUT2D eigenvalue weighted by atomic mass is 10.0. The first kappa shape index (κ1) is 15.1. The first-order chi connectivity index (χ1) is 11.7. The fourth-order valence-electron chi connectivity index (χ4n) is 3.03. The molecular weight excluding hydrogens is 311 g/mol. The molecule has 126 valence electrons. The molecule has 0 saturated carbocycles. The number of halogens is 1. The Bertz CT molecular complexity index is 730. The molecule has 0 radical (unpaired) electrons. The van der Waals surface area contributed by atoms with Crippen LogP contribution in [-0.2, 0) is 4.74 Å². The standard InChI is InChI=1S/C17H19FN4O2/c18-13-3-1-2-4-15(13)24-12-8-22(9-12)16-7-14(20-17(19)21-16)11-5-6-23-10-11/h1-4,7,11-12H,5-6,8-10H2,(H2,19,20,21). The minimum atomic E-state index is -0.342. The third-order valence-corrected chi connectivity index (χ3v) is 4.40. The van der Waals surface area contributed by atoms with Gasteiger partial charge in [-0.05, 0) is 18.6 Å². The third kappa shape index (κ3) is 2.99. The Balaban J connectivity index is 1.42. The average molecular weight is 330 g/mol. The number of nitrogen functional groups attached to an aromatic ring is 1. The molecule has 1 unspecified atom stereocenters. The summed E-state index contributed by atoms with van der Waals surface area (Å²) in [5.41, 5.74) is 6.78. The van der Waals surface area contributed by atoms with Gasteiger partial charge in [-0.1, -0.05) is 12.1 Å². The molecule has 2 saturated heterocycles. The Labute approximate surface area is 139 Å². The third-order valence-electron chi connectivity index (χ3n) is 4.40. The van der Waals surface area contributed by atoms with Gasteiger partial charge in [0.1, 0.15) is 11.9 Å². The maximum absolute atomic E-state index is 13.6. The molecule has 1 atom stereocenters. The van der Waals surface area contributed by atoms with Crippen LogP contribution in [0.4, 0.5) is 16.2 Å². The second-order valence-corrected chi connectivity index (χ2v) is 6.14. The van der Waals surface area contributed by atoms with Crippen molar-refractivity contribution >= 4 is 11.8 Å². The molecule has 3 heterocycles. The summed E-state index contributed by atoms with van der Waals surface area (Å²) >= 11 is 0. The number of nitrogens with zero attached hydrogens (tertiary/aromatic N) is 3. The summed E-state index contributed by atoms with van der Waals surface area (Å²) in [7, 11) is 0. The Morgan fingerprint density at radius 1 is 1.25 bits per heavy atom. The molecule has 0 spiro atoms. The summed E-state index contributed by atoms with van der Waals surface area (Å²) in [5.74, 6) is 1.28. The van der Waals surface area contributed by atoms with Gasteiger partial charge in [0.05, 0.1) is 25.4 Å². The number of nitrogens with two attached hydrogens (primary N) is 1. The highest BCUT2D eigenvalue weighted by molar-refractivity contribution is 5.47. The molecule has 1 aromatic carbocycles. The van der Waals surface area contributed by atoms with Gasteiger partial charge < -0.3 is 20.1 Å². The molecule has 0 bridgehead atoms. The normalized spacial score (nSPS) is 20.9. The molecule has 0 aliphatic carbocycles. The predicted octanol–water partition coefficient (Wildman–Crippen LogP) is 1.97. The fraction of sp³-hybridized carbons (Fsp3) is 0.412. The SMILES string of the molecule is Nc1nc(C2CCOC2)cc(N2CC(Oc3ccccc3F)C2)n1. The molecule has 2 aliphatic rings. The first-order valence-electron chi connectivity index (χ1n) is 8.07. The highest BCUT2D eigenvalue weighted by atomic mass is 19.1. The predicted molar refractivity (Wildman–Crippen MR) is 87.7 cm³/mol. The Kier molecular flexibility index (Phi) is 3.93. The van der Waals surface area contributed by atoms with Crippen molar-refractivity contribution in [3.8, 4) is 5.75 Å². The summed E-state index contributed by atoms with van der Waals surface area (Å²) in [6.07, 6.45) is 0.894. The number of rotatable bonds is 4. The molecule has 7 heteroatoms. The quantitative estimate of drug-likeness (QED) is 0.924. The summed E-state index contributed by atoms with van der Waals surface area (Å²) in [6, 6.07) is 8.41. The van der Waals surface area contributed by atoms with Gasteiger partial charge in [-0.25, -0.2) is 9.37 Å². The van der Waals surface area contributed by atoms with Gasteiger partial charge in [0.15, 0.2) is 11.6 Å². The fourth-order valence-corrected chi connectivity index (χ4v) is 3.03. The van der Waals surface area contributed by atoms with Crippen LogP contribution in [0.15, 0.2) is 30.3 Å². The molecule has 2 aliphatic heterocycles. The summed E-state index contributed by atoms with van der Waals surface area (Å²) in [4.78, 5) is 10.7. The summed E-state index contributed by atoms with van der Waals surface area (Å²) < 4.78 is 24.7. The highest BCUT2D eigenvalue weighted by Crippen LogP contribution is 2.29. The van der Waals surface area contributed by atoms with E-state index in [4.69, 9.17) is 15.2 Å². The van der Waals surface area contributed by atoms with Crippen molar-refractivity contribution in [3.05, 3.63) is 41.8 Å². The number of ether oxygens (including phenoxy) is 2. The lowest BCUT2D eigenvalue weighted by Gasteiger charge is -2.40. The zero-order chi connectivity index (χ0) is 16.5. The van der Waals surface area contributed by atoms with Crippen LogP contribution in [0.25, 0.3) is 0 Å². The molecule has 0 amide bonds. The van der Waals surface area contributed by atoms with Crippen LogP contribution < -0.4 is 15.4 Å². The van der Waals surface area contributed by atoms with Gasteiger partial charge in [-0.15, -0.1) is 0 Å². The number of anilines is 2. The largest absolute Gasteiger partial charge is 0.484 e. The minimum absolute atomic E-state index is 0.0589. The number of benzene rings is 1. The van der Waals surface area contributed by atoms with Crippen LogP contribution in [0.2, 0.25) is 0 Å². The van der Waals surface area contributed by atoms with E-state index < -0.39 is 0 Å². The van der Waals surface area contributed by atoms with E-state index in [0.29, 0.717) is 19.7 Å². The van der Waals surface area contributed by atoms with Gasteiger partial charge in [-0.2, -0.15) is 4.98 Å². The van der Waals surface area contributed by atoms with Crippen LogP contribution in [0.3, 0.4) is 0 Å². The monoisotopic (exact) mass is 330 g/mol. The molecular formula is C17H19FN4O2. The van der Waals surface area contributed by atoms with E-state index >= 15 is 0 Å². The van der Waals surface area contributed by atoms with Crippen molar-refractivity contribution in [3.63, 3.8) is 0 Å². The van der Waals surface area contributed by atoms with Gasteiger partial charge in [-0.3, -0.25) is 0 Å². The van der Waals surface area contributed by atoms with Crippen LogP contribution in [-0.4, -0.2) is 42.4 Å². The first-order valence-corrected chi connectivity index (χ1v) is 8.07. The maximum atomic E-state index is 13.6. The highest BCUT2D eigenvalue weighted by Gasteiger charge is 2.31. The Morgan fingerprint density at radius 3 is 2.83 bits per heavy atom. The van der Waals surface area contributed by atoms with Crippen molar-refractivity contribution in [1.82, 2.24) is 9.97 Å². The van der Waals surface area contributed by atoms with Gasteiger partial charge >= 0.3 is 0 Å². The lowest BCUT2D eigenvalue weighted by Crippen LogP contribution is -2.54. The molecule has 1 aromatic heterocycles. The Morgan fingerprint density at radius 2 is 2.08 bits per heavy atom. The molecule has 2 aromatic rings. The number of aromatic nitrogens is 2. The second-order valence-electron chi connectivity index (χ2n) is 6.14. The molecule has 2 fully saturated rings. The van der Waals surface area contributed by atoms with Crippen molar-refractivity contribution < 1.29 is 13.9 Å². The zero-order valence-corrected chi connectivity index (χ0v) is 13.2. The number of para-hydroxylation sites is 1. The smallest absolute Gasteiger partial charge is 0.222 e. The average Bonchev–Trinajstić information content (AvgIpc) is 3.06. The molecule has 2 N–H and O–H groups in total. The van der Waals surface area contributed by atoms with Crippen molar-refractivity contribution in [2.75, 3.05) is 36.9 Å². The number of hydrogen-bond acceptors (Lipinski definition) is 6. The second kappa shape index (κ2) is 6.24. The molecule has 6 nitrogen and oxygen atoms in total. The van der Waals surface area contributed by atoms with Gasteiger partial charge in [0, 0.05) is 18.6 Å². The number of hydrogen-bond donors (Lipinski definition) is 1. The lowest BCUT2D eigenvalue weighted by molar-refractivity contribution is 0.160. The van der Waals surface area contributed by atoms with Crippen molar-refractivity contribution in [1.29, 1.82) is 0 Å². The molecule has 24 heavy (non-hydrogen) atoms. The minimum Gasteiger partial charge on any atom is -0.484 e.